The second-order valence-corrected chi connectivity index (χ2v) is 5.37. The molecule has 0 unspecified atom stereocenters. The van der Waals surface area contributed by atoms with E-state index in [1.807, 2.05) is 0 Å². The Balaban J connectivity index is 2.11. The first-order chi connectivity index (χ1) is 9.88. The van der Waals surface area contributed by atoms with Crippen molar-refractivity contribution in [2.24, 2.45) is 5.92 Å². The lowest BCUT2D eigenvalue weighted by Gasteiger charge is -2.12. The molecule has 1 aromatic rings. The molecule has 1 aliphatic rings. The zero-order valence-corrected chi connectivity index (χ0v) is 11.7. The van der Waals surface area contributed by atoms with Gasteiger partial charge in [-0.3, -0.25) is 19.7 Å². The highest BCUT2D eigenvalue weighted by molar-refractivity contribution is 6.31. The Bertz CT molecular complexity index is 604. The van der Waals surface area contributed by atoms with Crippen molar-refractivity contribution in [3.05, 3.63) is 38.9 Å². The summed E-state index contributed by atoms with van der Waals surface area (Å²) in [5.74, 6) is -1.95. The molecular formula is C13H13ClN2O5. The zero-order valence-electron chi connectivity index (χ0n) is 10.9. The fourth-order valence-corrected chi connectivity index (χ4v) is 2.61. The molecule has 0 heterocycles. The number of nitrogens with one attached hydrogen (secondary N) is 1. The van der Waals surface area contributed by atoms with Crippen LogP contribution in [0.4, 0.5) is 5.69 Å². The number of nitro benzene ring substituents is 1. The van der Waals surface area contributed by atoms with Gasteiger partial charge < -0.3 is 10.4 Å². The van der Waals surface area contributed by atoms with E-state index in [0.29, 0.717) is 19.3 Å². The number of aliphatic carboxylic acids is 1. The van der Waals surface area contributed by atoms with Crippen molar-refractivity contribution < 1.29 is 19.6 Å². The fourth-order valence-electron chi connectivity index (χ4n) is 2.45. The van der Waals surface area contributed by atoms with E-state index in [1.54, 1.807) is 0 Å². The molecule has 0 aliphatic heterocycles. The first-order valence-corrected chi connectivity index (χ1v) is 6.74. The number of amides is 1. The lowest BCUT2D eigenvalue weighted by Crippen LogP contribution is -2.33. The highest BCUT2D eigenvalue weighted by Crippen LogP contribution is 2.27. The average Bonchev–Trinajstić information content (AvgIpc) is 2.87. The molecule has 0 bridgehead atoms. The largest absolute Gasteiger partial charge is 0.481 e. The van der Waals surface area contributed by atoms with Gasteiger partial charge >= 0.3 is 5.97 Å². The molecule has 1 amide bonds. The van der Waals surface area contributed by atoms with E-state index in [2.05, 4.69) is 5.32 Å². The molecule has 7 nitrogen and oxygen atoms in total. The van der Waals surface area contributed by atoms with E-state index in [4.69, 9.17) is 16.7 Å². The summed E-state index contributed by atoms with van der Waals surface area (Å²) >= 11 is 5.69. The maximum Gasteiger partial charge on any atom is 0.306 e. The Morgan fingerprint density at radius 2 is 2.10 bits per heavy atom. The van der Waals surface area contributed by atoms with Crippen LogP contribution in [0.2, 0.25) is 5.02 Å². The van der Waals surface area contributed by atoms with Gasteiger partial charge in [0, 0.05) is 17.1 Å². The molecular weight excluding hydrogens is 300 g/mol. The summed E-state index contributed by atoms with van der Waals surface area (Å²) < 4.78 is 0. The van der Waals surface area contributed by atoms with Crippen LogP contribution in [-0.4, -0.2) is 27.9 Å². The molecule has 21 heavy (non-hydrogen) atoms. The summed E-state index contributed by atoms with van der Waals surface area (Å²) in [6, 6.07) is 3.52. The van der Waals surface area contributed by atoms with Crippen LogP contribution >= 0.6 is 11.6 Å². The molecule has 2 atom stereocenters. The van der Waals surface area contributed by atoms with E-state index in [0.717, 1.165) is 6.07 Å². The molecule has 2 N–H and O–H groups in total. The van der Waals surface area contributed by atoms with Crippen LogP contribution in [-0.2, 0) is 4.79 Å². The number of hydrogen-bond donors (Lipinski definition) is 2. The smallest absolute Gasteiger partial charge is 0.306 e. The lowest BCUT2D eigenvalue weighted by molar-refractivity contribution is -0.385. The SMILES string of the molecule is O=C(N[C@H]1CC[C@@H](C(=O)O)C1)c1ccc(Cl)cc1[N+](=O)[O-]. The Hall–Kier alpha value is -2.15. The van der Waals surface area contributed by atoms with Gasteiger partial charge in [-0.2, -0.15) is 0 Å². The van der Waals surface area contributed by atoms with Crippen molar-refractivity contribution in [1.29, 1.82) is 0 Å². The summed E-state index contributed by atoms with van der Waals surface area (Å²) in [4.78, 5) is 33.2. The van der Waals surface area contributed by atoms with Crippen molar-refractivity contribution in [2.45, 2.75) is 25.3 Å². The predicted molar refractivity (Wildman–Crippen MR) is 74.3 cm³/mol. The maximum absolute atomic E-state index is 12.1. The summed E-state index contributed by atoms with van der Waals surface area (Å²) in [6.07, 6.45) is 1.37. The van der Waals surface area contributed by atoms with Crippen LogP contribution in [0.15, 0.2) is 18.2 Å². The van der Waals surface area contributed by atoms with Gasteiger partial charge in [0.05, 0.1) is 10.8 Å². The Kier molecular flexibility index (Phi) is 4.42. The highest BCUT2D eigenvalue weighted by Gasteiger charge is 2.31. The van der Waals surface area contributed by atoms with Crippen molar-refractivity contribution in [3.63, 3.8) is 0 Å². The second-order valence-electron chi connectivity index (χ2n) is 4.94. The van der Waals surface area contributed by atoms with Crippen molar-refractivity contribution in [1.82, 2.24) is 5.32 Å². The number of carbonyl (C=O) groups is 2. The summed E-state index contributed by atoms with van der Waals surface area (Å²) in [5, 5.41) is 22.7. The van der Waals surface area contributed by atoms with Gasteiger partial charge in [-0.05, 0) is 31.4 Å². The maximum atomic E-state index is 12.1. The lowest BCUT2D eigenvalue weighted by atomic mass is 10.1. The zero-order chi connectivity index (χ0) is 15.6. The predicted octanol–water partition coefficient (Wildman–Crippen LogP) is 2.23. The minimum atomic E-state index is -0.885. The van der Waals surface area contributed by atoms with E-state index >= 15 is 0 Å². The number of benzene rings is 1. The van der Waals surface area contributed by atoms with E-state index in [-0.39, 0.29) is 22.3 Å². The number of carbonyl (C=O) groups excluding carboxylic acids is 1. The van der Waals surface area contributed by atoms with E-state index in [1.165, 1.54) is 12.1 Å². The van der Waals surface area contributed by atoms with Crippen LogP contribution in [0.5, 0.6) is 0 Å². The van der Waals surface area contributed by atoms with Gasteiger partial charge in [-0.15, -0.1) is 0 Å². The average molecular weight is 313 g/mol. The van der Waals surface area contributed by atoms with Crippen LogP contribution in [0.1, 0.15) is 29.6 Å². The minimum Gasteiger partial charge on any atom is -0.481 e. The number of nitro groups is 1. The number of carboxylic acids is 1. The normalized spacial score (nSPS) is 21.0. The molecule has 112 valence electrons. The molecule has 0 radical (unpaired) electrons. The number of rotatable bonds is 4. The van der Waals surface area contributed by atoms with E-state index < -0.39 is 22.7 Å². The van der Waals surface area contributed by atoms with Gasteiger partial charge in [-0.1, -0.05) is 11.6 Å². The molecule has 8 heteroatoms. The molecule has 1 saturated carbocycles. The summed E-state index contributed by atoms with van der Waals surface area (Å²) in [7, 11) is 0. The Labute approximate surface area is 125 Å². The van der Waals surface area contributed by atoms with Crippen molar-refractivity contribution in [2.75, 3.05) is 0 Å². The van der Waals surface area contributed by atoms with E-state index in [9.17, 15) is 19.7 Å². The number of halogens is 1. The second kappa shape index (κ2) is 6.09. The van der Waals surface area contributed by atoms with Gasteiger partial charge in [0.15, 0.2) is 0 Å². The van der Waals surface area contributed by atoms with Crippen LogP contribution in [0, 0.1) is 16.0 Å². The third-order valence-corrected chi connectivity index (χ3v) is 3.75. The quantitative estimate of drug-likeness (QED) is 0.654. The number of hydrogen-bond acceptors (Lipinski definition) is 4. The first kappa shape index (κ1) is 15.2. The van der Waals surface area contributed by atoms with Crippen LogP contribution in [0.3, 0.4) is 0 Å². The topological polar surface area (TPSA) is 110 Å². The van der Waals surface area contributed by atoms with Gasteiger partial charge in [-0.25, -0.2) is 0 Å². The number of nitrogens with zero attached hydrogens (tertiary/aromatic N) is 1. The number of carboxylic acid groups (broad SMARTS) is 1. The van der Waals surface area contributed by atoms with Crippen molar-refractivity contribution >= 4 is 29.2 Å². The molecule has 0 saturated heterocycles. The third kappa shape index (κ3) is 3.49. The Morgan fingerprint density at radius 1 is 1.38 bits per heavy atom. The first-order valence-electron chi connectivity index (χ1n) is 6.36. The fraction of sp³-hybridized carbons (Fsp3) is 0.385. The molecule has 0 spiro atoms. The summed E-state index contributed by atoms with van der Waals surface area (Å²) in [5.41, 5.74) is -0.448. The van der Waals surface area contributed by atoms with Crippen LogP contribution < -0.4 is 5.32 Å². The highest BCUT2D eigenvalue weighted by atomic mass is 35.5. The minimum absolute atomic E-state index is 0.0804. The van der Waals surface area contributed by atoms with Crippen molar-refractivity contribution in [3.8, 4) is 0 Å². The monoisotopic (exact) mass is 312 g/mol. The van der Waals surface area contributed by atoms with Gasteiger partial charge in [0.25, 0.3) is 11.6 Å². The summed E-state index contributed by atoms with van der Waals surface area (Å²) in [6.45, 7) is 0. The van der Waals surface area contributed by atoms with Gasteiger partial charge in [0.1, 0.15) is 5.56 Å². The van der Waals surface area contributed by atoms with Crippen LogP contribution in [0.25, 0.3) is 0 Å². The molecule has 1 aliphatic carbocycles. The molecule has 1 fully saturated rings. The molecule has 1 aromatic carbocycles. The molecule has 0 aromatic heterocycles. The van der Waals surface area contributed by atoms with Gasteiger partial charge in [0.2, 0.25) is 0 Å². The standard InChI is InChI=1S/C13H13ClN2O5/c14-8-2-4-10(11(6-8)16(20)21)12(17)15-9-3-1-7(5-9)13(18)19/h2,4,6-7,9H,1,3,5H2,(H,15,17)(H,18,19)/t7-,9+/m1/s1. The Morgan fingerprint density at radius 3 is 2.67 bits per heavy atom. The third-order valence-electron chi connectivity index (χ3n) is 3.52. The molecule has 2 rings (SSSR count).